The fourth-order valence-electron chi connectivity index (χ4n) is 2.42. The number of hydrogen-bond acceptors (Lipinski definition) is 3. The molecule has 3 nitrogen and oxygen atoms in total. The number of thiophene rings is 1. The smallest absolute Gasteiger partial charge is 0.220 e. The molecule has 1 heterocycles. The zero-order valence-electron chi connectivity index (χ0n) is 9.95. The Morgan fingerprint density at radius 3 is 2.82 bits per heavy atom. The van der Waals surface area contributed by atoms with E-state index in [1.54, 1.807) is 11.3 Å². The van der Waals surface area contributed by atoms with E-state index in [9.17, 15) is 9.90 Å². The molecule has 17 heavy (non-hydrogen) atoms. The molecule has 1 aliphatic carbocycles. The van der Waals surface area contributed by atoms with Gasteiger partial charge in [-0.3, -0.25) is 4.79 Å². The highest BCUT2D eigenvalue weighted by Crippen LogP contribution is 2.29. The van der Waals surface area contributed by atoms with Crippen molar-refractivity contribution in [1.82, 2.24) is 5.32 Å². The lowest BCUT2D eigenvalue weighted by atomic mass is 9.98. The number of hydrogen-bond donors (Lipinski definition) is 2. The second-order valence-electron chi connectivity index (χ2n) is 4.77. The molecule has 1 aromatic heterocycles. The molecule has 0 unspecified atom stereocenters. The molecule has 0 aliphatic heterocycles. The van der Waals surface area contributed by atoms with Crippen LogP contribution in [0.25, 0.3) is 0 Å². The van der Waals surface area contributed by atoms with Crippen molar-refractivity contribution in [2.24, 2.45) is 0 Å². The zero-order chi connectivity index (χ0) is 12.1. The average molecular weight is 253 g/mol. The van der Waals surface area contributed by atoms with Crippen molar-refractivity contribution in [3.8, 4) is 0 Å². The molecule has 2 rings (SSSR count). The summed E-state index contributed by atoms with van der Waals surface area (Å²) in [6, 6.07) is 4.05. The molecule has 0 aromatic carbocycles. The van der Waals surface area contributed by atoms with Gasteiger partial charge in [0.2, 0.25) is 5.91 Å². The molecule has 1 amide bonds. The molecule has 1 aromatic rings. The zero-order valence-corrected chi connectivity index (χ0v) is 10.8. The van der Waals surface area contributed by atoms with E-state index in [4.69, 9.17) is 0 Å². The van der Waals surface area contributed by atoms with Gasteiger partial charge in [0.05, 0.1) is 12.1 Å². The summed E-state index contributed by atoms with van der Waals surface area (Å²) in [6.07, 6.45) is 5.34. The van der Waals surface area contributed by atoms with E-state index in [0.717, 1.165) is 32.1 Å². The van der Waals surface area contributed by atoms with Gasteiger partial charge in [-0.25, -0.2) is 0 Å². The Kier molecular flexibility index (Phi) is 4.18. The van der Waals surface area contributed by atoms with Crippen molar-refractivity contribution in [2.45, 2.75) is 44.1 Å². The number of aryl methyl sites for hydroxylation is 1. The van der Waals surface area contributed by atoms with E-state index in [2.05, 4.69) is 11.4 Å². The van der Waals surface area contributed by atoms with Crippen LogP contribution in [0.15, 0.2) is 17.5 Å². The predicted molar refractivity (Wildman–Crippen MR) is 69.1 cm³/mol. The van der Waals surface area contributed by atoms with E-state index in [1.165, 1.54) is 4.88 Å². The van der Waals surface area contributed by atoms with Crippen LogP contribution in [-0.4, -0.2) is 23.2 Å². The number of carbonyl (C=O) groups excluding carboxylic acids is 1. The van der Waals surface area contributed by atoms with Gasteiger partial charge >= 0.3 is 0 Å². The van der Waals surface area contributed by atoms with Gasteiger partial charge in [-0.1, -0.05) is 18.9 Å². The molecule has 0 saturated heterocycles. The highest BCUT2D eigenvalue weighted by atomic mass is 32.1. The first-order valence-corrected chi connectivity index (χ1v) is 7.06. The van der Waals surface area contributed by atoms with E-state index < -0.39 is 0 Å². The van der Waals surface area contributed by atoms with E-state index in [-0.39, 0.29) is 18.1 Å². The van der Waals surface area contributed by atoms with Crippen LogP contribution in [0.1, 0.15) is 37.0 Å². The molecule has 1 fully saturated rings. The third kappa shape index (κ3) is 3.30. The van der Waals surface area contributed by atoms with Crippen LogP contribution >= 0.6 is 11.3 Å². The second-order valence-corrected chi connectivity index (χ2v) is 5.81. The third-order valence-corrected chi connectivity index (χ3v) is 4.38. The van der Waals surface area contributed by atoms with E-state index >= 15 is 0 Å². The molecule has 0 atom stereocenters. The number of aliphatic hydroxyl groups excluding tert-OH is 1. The number of rotatable bonds is 5. The minimum atomic E-state index is -0.327. The average Bonchev–Trinajstić information content (AvgIpc) is 2.98. The predicted octanol–water partition coefficient (Wildman–Crippen LogP) is 2.10. The van der Waals surface area contributed by atoms with Gasteiger partial charge in [-0.15, -0.1) is 11.3 Å². The molecule has 1 saturated carbocycles. The summed E-state index contributed by atoms with van der Waals surface area (Å²) in [5.41, 5.74) is -0.327. The third-order valence-electron chi connectivity index (χ3n) is 3.45. The standard InChI is InChI=1S/C13H19NO2S/c15-10-13(7-1-2-8-13)14-12(16)6-5-11-4-3-9-17-11/h3-4,9,15H,1-2,5-8,10H2,(H,14,16). The fraction of sp³-hybridized carbons (Fsp3) is 0.615. The van der Waals surface area contributed by atoms with Crippen LogP contribution < -0.4 is 5.32 Å². The van der Waals surface area contributed by atoms with Crippen molar-refractivity contribution in [2.75, 3.05) is 6.61 Å². The SMILES string of the molecule is O=C(CCc1cccs1)NC1(CO)CCCC1. The summed E-state index contributed by atoms with van der Waals surface area (Å²) in [4.78, 5) is 13.1. The van der Waals surface area contributed by atoms with Crippen LogP contribution in [0.4, 0.5) is 0 Å². The normalized spacial score (nSPS) is 18.2. The number of nitrogens with one attached hydrogen (secondary N) is 1. The second kappa shape index (κ2) is 5.65. The van der Waals surface area contributed by atoms with Crippen molar-refractivity contribution in [1.29, 1.82) is 0 Å². The van der Waals surface area contributed by atoms with E-state index in [1.807, 2.05) is 11.4 Å². The van der Waals surface area contributed by atoms with Gasteiger partial charge in [0, 0.05) is 11.3 Å². The molecular formula is C13H19NO2S. The summed E-state index contributed by atoms with van der Waals surface area (Å²) in [5, 5.41) is 14.5. The minimum absolute atomic E-state index is 0.0642. The minimum Gasteiger partial charge on any atom is -0.394 e. The maximum Gasteiger partial charge on any atom is 0.220 e. The summed E-state index contributed by atoms with van der Waals surface area (Å²) >= 11 is 1.68. The quantitative estimate of drug-likeness (QED) is 0.844. The van der Waals surface area contributed by atoms with Crippen molar-refractivity contribution in [3.63, 3.8) is 0 Å². The summed E-state index contributed by atoms with van der Waals surface area (Å²) < 4.78 is 0. The highest BCUT2D eigenvalue weighted by molar-refractivity contribution is 7.09. The molecule has 0 radical (unpaired) electrons. The topological polar surface area (TPSA) is 49.3 Å². The van der Waals surface area contributed by atoms with Crippen LogP contribution in [-0.2, 0) is 11.2 Å². The van der Waals surface area contributed by atoms with Gasteiger partial charge in [0.15, 0.2) is 0 Å². The molecule has 2 N–H and O–H groups in total. The molecule has 0 spiro atoms. The van der Waals surface area contributed by atoms with Crippen LogP contribution in [0.2, 0.25) is 0 Å². The lowest BCUT2D eigenvalue weighted by Gasteiger charge is -2.27. The molecule has 94 valence electrons. The number of carbonyl (C=O) groups is 1. The van der Waals surface area contributed by atoms with Crippen LogP contribution in [0.3, 0.4) is 0 Å². The summed E-state index contributed by atoms with van der Waals surface area (Å²) in [6.45, 7) is 0.0672. The van der Waals surface area contributed by atoms with Crippen LogP contribution in [0.5, 0.6) is 0 Å². The molecule has 1 aliphatic rings. The maximum absolute atomic E-state index is 11.8. The fourth-order valence-corrected chi connectivity index (χ4v) is 3.13. The first-order valence-electron chi connectivity index (χ1n) is 6.18. The van der Waals surface area contributed by atoms with Gasteiger partial charge in [-0.2, -0.15) is 0 Å². The monoisotopic (exact) mass is 253 g/mol. The van der Waals surface area contributed by atoms with Gasteiger partial charge in [0.1, 0.15) is 0 Å². The number of aliphatic hydroxyl groups is 1. The summed E-state index contributed by atoms with van der Waals surface area (Å²) in [5.74, 6) is 0.0642. The Morgan fingerprint density at radius 1 is 1.47 bits per heavy atom. The Hall–Kier alpha value is -0.870. The van der Waals surface area contributed by atoms with Crippen molar-refractivity contribution < 1.29 is 9.90 Å². The first kappa shape index (κ1) is 12.6. The van der Waals surface area contributed by atoms with E-state index in [0.29, 0.717) is 6.42 Å². The maximum atomic E-state index is 11.8. The molecule has 0 bridgehead atoms. The molecular weight excluding hydrogens is 234 g/mol. The van der Waals surface area contributed by atoms with Gasteiger partial charge in [0.25, 0.3) is 0 Å². The Morgan fingerprint density at radius 2 is 2.24 bits per heavy atom. The van der Waals surface area contributed by atoms with Crippen molar-refractivity contribution >= 4 is 17.2 Å². The lowest BCUT2D eigenvalue weighted by Crippen LogP contribution is -2.49. The Labute approximate surface area is 106 Å². The molecule has 4 heteroatoms. The van der Waals surface area contributed by atoms with Crippen molar-refractivity contribution in [3.05, 3.63) is 22.4 Å². The Balaban J connectivity index is 1.80. The number of amides is 1. The highest BCUT2D eigenvalue weighted by Gasteiger charge is 2.34. The summed E-state index contributed by atoms with van der Waals surface area (Å²) in [7, 11) is 0. The lowest BCUT2D eigenvalue weighted by molar-refractivity contribution is -0.123. The Bertz CT molecular complexity index is 356. The first-order chi connectivity index (χ1) is 8.24. The van der Waals surface area contributed by atoms with Crippen LogP contribution in [0, 0.1) is 0 Å². The largest absolute Gasteiger partial charge is 0.394 e. The van der Waals surface area contributed by atoms with Gasteiger partial charge < -0.3 is 10.4 Å². The van der Waals surface area contributed by atoms with Gasteiger partial charge in [-0.05, 0) is 30.7 Å².